The molecule has 1 amide bonds. The predicted molar refractivity (Wildman–Crippen MR) is 85.0 cm³/mol. The molecule has 0 aromatic carbocycles. The molecule has 8 heteroatoms. The first-order valence-electron chi connectivity index (χ1n) is 7.72. The Morgan fingerprint density at radius 3 is 3.12 bits per heavy atom. The number of fused-ring (bicyclic) bond motifs is 1. The second kappa shape index (κ2) is 7.41. The van der Waals surface area contributed by atoms with Crippen LogP contribution in [0.3, 0.4) is 0 Å². The molecule has 1 N–H and O–H groups in total. The van der Waals surface area contributed by atoms with Crippen LogP contribution in [0.2, 0.25) is 0 Å². The normalized spacial score (nSPS) is 17.1. The highest BCUT2D eigenvalue weighted by Gasteiger charge is 2.16. The first kappa shape index (κ1) is 16.4. The zero-order valence-corrected chi connectivity index (χ0v) is 13.4. The van der Waals surface area contributed by atoms with Crippen LogP contribution in [-0.4, -0.2) is 54.5 Å². The molecule has 1 unspecified atom stereocenters. The van der Waals surface area contributed by atoms with Crippen molar-refractivity contribution >= 4 is 23.1 Å². The van der Waals surface area contributed by atoms with Crippen LogP contribution in [0.25, 0.3) is 5.52 Å². The number of hydrogen-bond acceptors (Lipinski definition) is 6. The van der Waals surface area contributed by atoms with Crippen molar-refractivity contribution in [2.24, 2.45) is 0 Å². The molecule has 0 aliphatic carbocycles. The third kappa shape index (κ3) is 3.72. The number of pyridine rings is 1. The Kier molecular flexibility index (Phi) is 5.07. The zero-order chi connectivity index (χ0) is 16.9. The summed E-state index contributed by atoms with van der Waals surface area (Å²) in [5.41, 5.74) is 1.45. The number of hydrogen-bond donors (Lipinski definition) is 1. The molecule has 2 aromatic heterocycles. The topological polar surface area (TPSA) is 91.2 Å². The summed E-state index contributed by atoms with van der Waals surface area (Å²) in [6, 6.07) is 3.36. The van der Waals surface area contributed by atoms with Crippen molar-refractivity contribution in [3.63, 3.8) is 0 Å². The lowest BCUT2D eigenvalue weighted by molar-refractivity contribution is -0.121. The Morgan fingerprint density at radius 1 is 1.50 bits per heavy atom. The van der Waals surface area contributed by atoms with Gasteiger partial charge in [-0.1, -0.05) is 0 Å². The van der Waals surface area contributed by atoms with E-state index in [2.05, 4.69) is 10.4 Å². The quantitative estimate of drug-likeness (QED) is 0.800. The number of amides is 1. The molecule has 0 saturated carbocycles. The maximum absolute atomic E-state index is 11.9. The van der Waals surface area contributed by atoms with Gasteiger partial charge in [-0.15, -0.1) is 0 Å². The highest BCUT2D eigenvalue weighted by molar-refractivity contribution is 5.98. The number of nitrogens with zero attached hydrogens (tertiary/aromatic N) is 2. The SMILES string of the molecule is COC(=O)c1cnn2ccc(NC(=O)COCC3CCCO3)cc12. The molecule has 8 nitrogen and oxygen atoms in total. The molecule has 2 aromatic rings. The van der Waals surface area contributed by atoms with Crippen molar-refractivity contribution in [1.82, 2.24) is 9.61 Å². The fourth-order valence-corrected chi connectivity index (χ4v) is 2.58. The Labute approximate surface area is 138 Å². The highest BCUT2D eigenvalue weighted by atomic mass is 16.5. The molecular formula is C16H19N3O5. The first-order valence-corrected chi connectivity index (χ1v) is 7.72. The van der Waals surface area contributed by atoms with E-state index in [9.17, 15) is 9.59 Å². The third-order valence-corrected chi connectivity index (χ3v) is 3.77. The lowest BCUT2D eigenvalue weighted by Crippen LogP contribution is -2.22. The molecule has 3 rings (SSSR count). The number of carbonyl (C=O) groups is 2. The van der Waals surface area contributed by atoms with E-state index < -0.39 is 5.97 Å². The van der Waals surface area contributed by atoms with Gasteiger partial charge in [0, 0.05) is 18.5 Å². The number of ether oxygens (including phenoxy) is 3. The van der Waals surface area contributed by atoms with Gasteiger partial charge in [-0.2, -0.15) is 5.10 Å². The van der Waals surface area contributed by atoms with Crippen molar-refractivity contribution in [3.05, 3.63) is 30.1 Å². The van der Waals surface area contributed by atoms with Gasteiger partial charge in [0.25, 0.3) is 0 Å². The number of carbonyl (C=O) groups excluding carboxylic acids is 2. The Hall–Kier alpha value is -2.45. The molecule has 0 radical (unpaired) electrons. The van der Waals surface area contributed by atoms with E-state index in [1.54, 1.807) is 18.3 Å². The number of nitrogens with one attached hydrogen (secondary N) is 1. The average molecular weight is 333 g/mol. The van der Waals surface area contributed by atoms with Crippen LogP contribution < -0.4 is 5.32 Å². The molecule has 128 valence electrons. The fourth-order valence-electron chi connectivity index (χ4n) is 2.58. The van der Waals surface area contributed by atoms with Crippen LogP contribution >= 0.6 is 0 Å². The van der Waals surface area contributed by atoms with Gasteiger partial charge >= 0.3 is 5.97 Å². The van der Waals surface area contributed by atoms with Crippen LogP contribution in [0, 0.1) is 0 Å². The van der Waals surface area contributed by atoms with E-state index in [0.717, 1.165) is 19.4 Å². The average Bonchev–Trinajstić information content (AvgIpc) is 3.23. The van der Waals surface area contributed by atoms with Crippen LogP contribution in [-0.2, 0) is 19.0 Å². The number of rotatable bonds is 6. The van der Waals surface area contributed by atoms with Gasteiger partial charge in [0.1, 0.15) is 12.2 Å². The van der Waals surface area contributed by atoms with Gasteiger partial charge in [0.15, 0.2) is 0 Å². The Balaban J connectivity index is 1.59. The smallest absolute Gasteiger partial charge is 0.341 e. The van der Waals surface area contributed by atoms with E-state index in [1.807, 2.05) is 0 Å². The van der Waals surface area contributed by atoms with E-state index in [1.165, 1.54) is 17.8 Å². The summed E-state index contributed by atoms with van der Waals surface area (Å²) in [6.45, 7) is 1.13. The van der Waals surface area contributed by atoms with E-state index in [4.69, 9.17) is 14.2 Å². The van der Waals surface area contributed by atoms with Crippen molar-refractivity contribution < 1.29 is 23.8 Å². The van der Waals surface area contributed by atoms with Gasteiger partial charge in [-0.3, -0.25) is 4.79 Å². The lowest BCUT2D eigenvalue weighted by Gasteiger charge is -2.10. The largest absolute Gasteiger partial charge is 0.465 e. The first-order chi connectivity index (χ1) is 11.7. The summed E-state index contributed by atoms with van der Waals surface area (Å²) in [4.78, 5) is 23.6. The van der Waals surface area contributed by atoms with Gasteiger partial charge in [-0.05, 0) is 25.0 Å². The minimum Gasteiger partial charge on any atom is -0.465 e. The van der Waals surface area contributed by atoms with Gasteiger partial charge in [0.05, 0.1) is 31.5 Å². The zero-order valence-electron chi connectivity index (χ0n) is 13.4. The summed E-state index contributed by atoms with van der Waals surface area (Å²) in [6.07, 6.45) is 5.18. The summed E-state index contributed by atoms with van der Waals surface area (Å²) in [7, 11) is 1.31. The second-order valence-electron chi connectivity index (χ2n) is 5.49. The molecule has 1 atom stereocenters. The maximum Gasteiger partial charge on any atom is 0.341 e. The summed E-state index contributed by atoms with van der Waals surface area (Å²) >= 11 is 0. The predicted octanol–water partition coefficient (Wildman–Crippen LogP) is 1.25. The van der Waals surface area contributed by atoms with Crippen LogP contribution in [0.4, 0.5) is 5.69 Å². The lowest BCUT2D eigenvalue weighted by atomic mass is 10.2. The van der Waals surface area contributed by atoms with Gasteiger partial charge < -0.3 is 19.5 Å². The minimum atomic E-state index is -0.478. The van der Waals surface area contributed by atoms with Crippen LogP contribution in [0.5, 0.6) is 0 Å². The van der Waals surface area contributed by atoms with Crippen molar-refractivity contribution in [1.29, 1.82) is 0 Å². The van der Waals surface area contributed by atoms with E-state index >= 15 is 0 Å². The van der Waals surface area contributed by atoms with E-state index in [0.29, 0.717) is 23.4 Å². The second-order valence-corrected chi connectivity index (χ2v) is 5.49. The third-order valence-electron chi connectivity index (χ3n) is 3.77. The Bertz CT molecular complexity index is 736. The Morgan fingerprint density at radius 2 is 2.38 bits per heavy atom. The molecular weight excluding hydrogens is 314 g/mol. The molecule has 0 bridgehead atoms. The van der Waals surface area contributed by atoms with E-state index in [-0.39, 0.29) is 18.6 Å². The maximum atomic E-state index is 11.9. The van der Waals surface area contributed by atoms with Crippen molar-refractivity contribution in [2.75, 3.05) is 32.2 Å². The molecule has 0 spiro atoms. The summed E-state index contributed by atoms with van der Waals surface area (Å²) in [5.74, 6) is -0.746. The minimum absolute atomic E-state index is 0.0475. The molecule has 24 heavy (non-hydrogen) atoms. The number of aromatic nitrogens is 2. The van der Waals surface area contributed by atoms with Crippen molar-refractivity contribution in [2.45, 2.75) is 18.9 Å². The standard InChI is InChI=1S/C16H19N3O5/c1-22-16(21)13-8-17-19-5-4-11(7-14(13)19)18-15(20)10-23-9-12-3-2-6-24-12/h4-5,7-8,12H,2-3,6,9-10H2,1H3,(H,18,20). The molecule has 1 aliphatic rings. The molecule has 1 fully saturated rings. The van der Waals surface area contributed by atoms with Crippen LogP contribution in [0.1, 0.15) is 23.2 Å². The summed E-state index contributed by atoms with van der Waals surface area (Å²) in [5, 5.41) is 6.80. The van der Waals surface area contributed by atoms with Crippen molar-refractivity contribution in [3.8, 4) is 0 Å². The van der Waals surface area contributed by atoms with Crippen LogP contribution in [0.15, 0.2) is 24.5 Å². The molecule has 1 saturated heterocycles. The molecule has 1 aliphatic heterocycles. The number of esters is 1. The summed E-state index contributed by atoms with van der Waals surface area (Å²) < 4.78 is 17.1. The number of anilines is 1. The monoisotopic (exact) mass is 333 g/mol. The molecule has 3 heterocycles. The fraction of sp³-hybridized carbons (Fsp3) is 0.438. The van der Waals surface area contributed by atoms with Gasteiger partial charge in [-0.25, -0.2) is 9.31 Å². The number of methoxy groups -OCH3 is 1. The van der Waals surface area contributed by atoms with Gasteiger partial charge in [0.2, 0.25) is 5.91 Å². The highest BCUT2D eigenvalue weighted by Crippen LogP contribution is 2.17.